The Hall–Kier alpha value is -2.77. The van der Waals surface area contributed by atoms with E-state index in [9.17, 15) is 9.59 Å². The van der Waals surface area contributed by atoms with Crippen molar-refractivity contribution in [2.75, 3.05) is 18.0 Å². The highest BCUT2D eigenvalue weighted by Gasteiger charge is 2.25. The van der Waals surface area contributed by atoms with E-state index in [4.69, 9.17) is 28.9 Å². The fraction of sp³-hybridized carbons (Fsp3) is 0.286. The smallest absolute Gasteiger partial charge is 0.271 e. The molecule has 1 unspecified atom stereocenters. The molecule has 2 amide bonds. The number of para-hydroxylation sites is 1. The Labute approximate surface area is 183 Å². The normalized spacial score (nSPS) is 16.6. The van der Waals surface area contributed by atoms with E-state index >= 15 is 0 Å². The van der Waals surface area contributed by atoms with Crippen LogP contribution in [0.15, 0.2) is 42.7 Å². The first-order valence-electron chi connectivity index (χ1n) is 9.66. The number of primary amides is 1. The first kappa shape index (κ1) is 20.5. The number of aromatic nitrogens is 2. The summed E-state index contributed by atoms with van der Waals surface area (Å²) >= 11 is 12.2. The van der Waals surface area contributed by atoms with E-state index in [0.717, 1.165) is 30.6 Å². The van der Waals surface area contributed by atoms with Gasteiger partial charge in [-0.15, -0.1) is 0 Å². The lowest BCUT2D eigenvalue weighted by molar-refractivity contribution is -0.122. The second-order valence-corrected chi connectivity index (χ2v) is 8.21. The minimum atomic E-state index is -0.311. The van der Waals surface area contributed by atoms with E-state index in [1.54, 1.807) is 22.9 Å². The molecule has 3 aromatic rings. The molecule has 9 heteroatoms. The van der Waals surface area contributed by atoms with E-state index in [-0.39, 0.29) is 23.4 Å². The number of amides is 2. The molecule has 3 heterocycles. The first-order valence-corrected chi connectivity index (χ1v) is 10.4. The van der Waals surface area contributed by atoms with Gasteiger partial charge in [-0.3, -0.25) is 9.59 Å². The molecule has 1 aliphatic heterocycles. The van der Waals surface area contributed by atoms with Gasteiger partial charge in [0.1, 0.15) is 5.69 Å². The molecule has 0 spiro atoms. The molecule has 0 saturated carbocycles. The number of hydrogen-bond donors (Lipinski definition) is 2. The van der Waals surface area contributed by atoms with Crippen LogP contribution < -0.4 is 16.0 Å². The topological polar surface area (TPSA) is 92.7 Å². The number of benzene rings is 1. The van der Waals surface area contributed by atoms with Crippen LogP contribution in [0.5, 0.6) is 0 Å². The van der Waals surface area contributed by atoms with Crippen molar-refractivity contribution in [1.82, 2.24) is 14.7 Å². The molecule has 30 heavy (non-hydrogen) atoms. The maximum absolute atomic E-state index is 12.7. The number of halogens is 2. The lowest BCUT2D eigenvalue weighted by atomic mass is 9.96. The highest BCUT2D eigenvalue weighted by atomic mass is 35.5. The number of carbonyl (C=O) groups excluding carboxylic acids is 2. The monoisotopic (exact) mass is 445 g/mol. The van der Waals surface area contributed by atoms with E-state index in [2.05, 4.69) is 15.2 Å². The average molecular weight is 446 g/mol. The summed E-state index contributed by atoms with van der Waals surface area (Å²) in [6.07, 6.45) is 4.95. The molecular formula is C21H21Cl2N5O2. The Balaban J connectivity index is 1.50. The number of nitrogens with one attached hydrogen (secondary N) is 1. The Morgan fingerprint density at radius 3 is 2.83 bits per heavy atom. The largest absolute Gasteiger partial charge is 0.370 e. The molecule has 1 fully saturated rings. The third-order valence-electron chi connectivity index (χ3n) is 5.30. The lowest BCUT2D eigenvalue weighted by Crippen LogP contribution is -2.41. The van der Waals surface area contributed by atoms with Crippen molar-refractivity contribution in [1.29, 1.82) is 0 Å². The number of anilines is 1. The lowest BCUT2D eigenvalue weighted by Gasteiger charge is -2.34. The number of imidazole rings is 1. The van der Waals surface area contributed by atoms with E-state index < -0.39 is 0 Å². The van der Waals surface area contributed by atoms with Crippen LogP contribution in [0.1, 0.15) is 28.9 Å². The van der Waals surface area contributed by atoms with Crippen molar-refractivity contribution in [3.63, 3.8) is 0 Å². The maximum Gasteiger partial charge on any atom is 0.271 e. The molecule has 7 nitrogen and oxygen atoms in total. The number of hydrogen-bond acceptors (Lipinski definition) is 4. The van der Waals surface area contributed by atoms with Crippen LogP contribution in [0.25, 0.3) is 5.65 Å². The van der Waals surface area contributed by atoms with Gasteiger partial charge in [-0.25, -0.2) is 4.98 Å². The molecule has 2 aromatic heterocycles. The van der Waals surface area contributed by atoms with Crippen LogP contribution in [0.3, 0.4) is 0 Å². The predicted molar refractivity (Wildman–Crippen MR) is 117 cm³/mol. The molecule has 1 aliphatic rings. The quantitative estimate of drug-likeness (QED) is 0.629. The van der Waals surface area contributed by atoms with Gasteiger partial charge in [0.15, 0.2) is 5.65 Å². The molecule has 3 N–H and O–H groups in total. The highest BCUT2D eigenvalue weighted by Crippen LogP contribution is 2.27. The van der Waals surface area contributed by atoms with Crippen LogP contribution in [0.4, 0.5) is 5.69 Å². The minimum absolute atomic E-state index is 0.157. The zero-order valence-electron chi connectivity index (χ0n) is 16.1. The fourth-order valence-corrected chi connectivity index (χ4v) is 4.32. The predicted octanol–water partition coefficient (Wildman–Crippen LogP) is 3.27. The Bertz CT molecular complexity index is 1110. The van der Waals surface area contributed by atoms with Crippen molar-refractivity contribution >= 4 is 46.4 Å². The number of rotatable bonds is 5. The highest BCUT2D eigenvalue weighted by molar-refractivity contribution is 6.36. The van der Waals surface area contributed by atoms with Crippen molar-refractivity contribution < 1.29 is 9.59 Å². The summed E-state index contributed by atoms with van der Waals surface area (Å²) in [5.41, 5.74) is 8.19. The summed E-state index contributed by atoms with van der Waals surface area (Å²) in [5, 5.41) is 3.75. The molecule has 1 atom stereocenters. The summed E-state index contributed by atoms with van der Waals surface area (Å²) in [6, 6.07) is 9.41. The summed E-state index contributed by atoms with van der Waals surface area (Å²) in [7, 11) is 0. The van der Waals surface area contributed by atoms with Crippen LogP contribution in [0.2, 0.25) is 10.0 Å². The van der Waals surface area contributed by atoms with Crippen molar-refractivity contribution in [2.45, 2.75) is 19.4 Å². The summed E-state index contributed by atoms with van der Waals surface area (Å²) < 4.78 is 1.63. The number of piperidine rings is 1. The average Bonchev–Trinajstić information content (AvgIpc) is 3.17. The van der Waals surface area contributed by atoms with Gasteiger partial charge in [0.2, 0.25) is 5.91 Å². The third kappa shape index (κ3) is 4.22. The summed E-state index contributed by atoms with van der Waals surface area (Å²) in [4.78, 5) is 30.8. The van der Waals surface area contributed by atoms with Crippen molar-refractivity contribution in [3.05, 3.63) is 64.0 Å². The molecule has 0 bridgehead atoms. The first-order chi connectivity index (χ1) is 14.4. The molecule has 4 rings (SSSR count). The molecule has 156 valence electrons. The molecule has 1 saturated heterocycles. The SMILES string of the molecule is NC(=O)C1CCCN(c2ccccc2CNC(=O)c2cn3cc(Cl)cc(Cl)c3n2)C1. The van der Waals surface area contributed by atoms with Gasteiger partial charge in [-0.1, -0.05) is 41.4 Å². The van der Waals surface area contributed by atoms with Gasteiger partial charge in [-0.2, -0.15) is 0 Å². The number of carbonyl (C=O) groups is 2. The fourth-order valence-electron chi connectivity index (χ4n) is 3.80. The van der Waals surface area contributed by atoms with Crippen LogP contribution in [-0.4, -0.2) is 34.3 Å². The van der Waals surface area contributed by atoms with Gasteiger partial charge in [0.25, 0.3) is 5.91 Å². The summed E-state index contributed by atoms with van der Waals surface area (Å²) in [6.45, 7) is 1.77. The van der Waals surface area contributed by atoms with E-state index in [1.807, 2.05) is 24.3 Å². The van der Waals surface area contributed by atoms with Gasteiger partial charge >= 0.3 is 0 Å². The second-order valence-electron chi connectivity index (χ2n) is 7.36. The van der Waals surface area contributed by atoms with Gasteiger partial charge in [0.05, 0.1) is 16.0 Å². The zero-order valence-corrected chi connectivity index (χ0v) is 17.7. The Morgan fingerprint density at radius 2 is 2.03 bits per heavy atom. The number of pyridine rings is 1. The van der Waals surface area contributed by atoms with Crippen LogP contribution in [0, 0.1) is 5.92 Å². The molecule has 0 radical (unpaired) electrons. The Morgan fingerprint density at radius 1 is 1.23 bits per heavy atom. The van der Waals surface area contributed by atoms with Crippen LogP contribution >= 0.6 is 23.2 Å². The van der Waals surface area contributed by atoms with Gasteiger partial charge in [-0.05, 0) is 30.5 Å². The number of fused-ring (bicyclic) bond motifs is 1. The van der Waals surface area contributed by atoms with Crippen molar-refractivity contribution in [2.24, 2.45) is 11.7 Å². The van der Waals surface area contributed by atoms with Crippen LogP contribution in [-0.2, 0) is 11.3 Å². The Kier molecular flexibility index (Phi) is 5.83. The zero-order chi connectivity index (χ0) is 21.3. The van der Waals surface area contributed by atoms with E-state index in [1.165, 1.54) is 0 Å². The van der Waals surface area contributed by atoms with Gasteiger partial charge < -0.3 is 20.4 Å². The third-order valence-corrected chi connectivity index (χ3v) is 5.79. The molecule has 1 aromatic carbocycles. The van der Waals surface area contributed by atoms with E-state index in [0.29, 0.717) is 28.8 Å². The number of nitrogens with zero attached hydrogens (tertiary/aromatic N) is 3. The van der Waals surface area contributed by atoms with Gasteiger partial charge in [0, 0.05) is 37.7 Å². The standard InChI is InChI=1S/C21H21Cl2N5O2/c22-15-8-16(23)20-26-17(12-28(20)11-15)21(30)25-9-13-4-1-2-6-18(13)27-7-3-5-14(10-27)19(24)29/h1-2,4,6,8,11-12,14H,3,5,7,9-10H2,(H2,24,29)(H,25,30). The minimum Gasteiger partial charge on any atom is -0.370 e. The number of nitrogens with two attached hydrogens (primary N) is 1. The maximum atomic E-state index is 12.7. The summed E-state index contributed by atoms with van der Waals surface area (Å²) in [5.74, 6) is -0.735. The molecule has 0 aliphatic carbocycles. The second kappa shape index (κ2) is 8.53. The molecular weight excluding hydrogens is 425 g/mol. The van der Waals surface area contributed by atoms with Crippen molar-refractivity contribution in [3.8, 4) is 0 Å².